The number of piperidine rings is 1. The van der Waals surface area contributed by atoms with E-state index in [4.69, 9.17) is 27.9 Å². The molecule has 5 nitrogen and oxygen atoms in total. The molecule has 1 saturated heterocycles. The first kappa shape index (κ1) is 22.6. The van der Waals surface area contributed by atoms with Crippen molar-refractivity contribution in [3.8, 4) is 5.88 Å². The summed E-state index contributed by atoms with van der Waals surface area (Å²) in [5.41, 5.74) is 0.405. The molecule has 0 radical (unpaired) electrons. The molecule has 0 N–H and O–H groups in total. The Bertz CT molecular complexity index is 925. The van der Waals surface area contributed by atoms with Gasteiger partial charge in [0.25, 0.3) is 5.91 Å². The highest BCUT2D eigenvalue weighted by molar-refractivity contribution is 6.34. The first-order valence-corrected chi connectivity index (χ1v) is 10.1. The summed E-state index contributed by atoms with van der Waals surface area (Å²) in [6.07, 6.45) is -3.24. The standard InChI is InChI=1S/C20H20Cl2F3N3O2/c1-11-3-5-28(6-4-11)18(29)16-12(2)17(27-19(26-16)20(23,24)25)30-10-13-7-14(21)9-15(22)8-13/h7-9,11H,3-6,10H2,1-2H3. The Morgan fingerprint density at radius 3 is 2.33 bits per heavy atom. The van der Waals surface area contributed by atoms with Gasteiger partial charge in [0.15, 0.2) is 0 Å². The van der Waals surface area contributed by atoms with E-state index in [9.17, 15) is 18.0 Å². The van der Waals surface area contributed by atoms with Gasteiger partial charge in [-0.2, -0.15) is 18.2 Å². The highest BCUT2D eigenvalue weighted by Gasteiger charge is 2.38. The molecule has 10 heteroatoms. The summed E-state index contributed by atoms with van der Waals surface area (Å²) in [4.78, 5) is 21.5. The minimum absolute atomic E-state index is 0.121. The fraction of sp³-hybridized carbons (Fsp3) is 0.450. The summed E-state index contributed by atoms with van der Waals surface area (Å²) in [7, 11) is 0. The molecule has 0 aliphatic carbocycles. The molecule has 0 bridgehead atoms. The maximum Gasteiger partial charge on any atom is 0.451 e. The zero-order chi connectivity index (χ0) is 22.1. The lowest BCUT2D eigenvalue weighted by Gasteiger charge is -2.30. The number of carbonyl (C=O) groups excluding carboxylic acids is 1. The van der Waals surface area contributed by atoms with E-state index in [0.29, 0.717) is 34.6 Å². The number of nitrogens with zero attached hydrogens (tertiary/aromatic N) is 3. The van der Waals surface area contributed by atoms with Gasteiger partial charge in [-0.15, -0.1) is 0 Å². The molecule has 0 atom stereocenters. The van der Waals surface area contributed by atoms with Crippen molar-refractivity contribution in [2.75, 3.05) is 13.1 Å². The lowest BCUT2D eigenvalue weighted by atomic mass is 9.99. The van der Waals surface area contributed by atoms with Gasteiger partial charge >= 0.3 is 6.18 Å². The van der Waals surface area contributed by atoms with Gasteiger partial charge in [0.2, 0.25) is 11.7 Å². The lowest BCUT2D eigenvalue weighted by molar-refractivity contribution is -0.145. The summed E-state index contributed by atoms with van der Waals surface area (Å²) < 4.78 is 45.6. The molecule has 1 aromatic heterocycles. The third-order valence-electron chi connectivity index (χ3n) is 4.93. The van der Waals surface area contributed by atoms with E-state index < -0.39 is 17.9 Å². The fourth-order valence-corrected chi connectivity index (χ4v) is 3.75. The molecule has 2 heterocycles. The molecular weight excluding hydrogens is 442 g/mol. The van der Waals surface area contributed by atoms with Gasteiger partial charge in [-0.05, 0) is 49.4 Å². The summed E-state index contributed by atoms with van der Waals surface area (Å²) in [6.45, 7) is 4.38. The minimum Gasteiger partial charge on any atom is -0.472 e. The Morgan fingerprint density at radius 1 is 1.17 bits per heavy atom. The van der Waals surface area contributed by atoms with Crippen LogP contribution in [-0.4, -0.2) is 33.9 Å². The van der Waals surface area contributed by atoms with Crippen molar-refractivity contribution in [2.24, 2.45) is 5.92 Å². The Hall–Kier alpha value is -2.06. The van der Waals surface area contributed by atoms with Gasteiger partial charge in [-0.3, -0.25) is 4.79 Å². The minimum atomic E-state index is -4.82. The van der Waals surface area contributed by atoms with Crippen molar-refractivity contribution in [1.29, 1.82) is 0 Å². The Kier molecular flexibility index (Phi) is 6.77. The van der Waals surface area contributed by atoms with E-state index >= 15 is 0 Å². The molecule has 1 aromatic carbocycles. The molecule has 0 unspecified atom stereocenters. The molecular formula is C20H20Cl2F3N3O2. The molecule has 1 amide bonds. The highest BCUT2D eigenvalue weighted by atomic mass is 35.5. The Labute approximate surface area is 182 Å². The molecule has 30 heavy (non-hydrogen) atoms. The van der Waals surface area contributed by atoms with Crippen LogP contribution in [0.4, 0.5) is 13.2 Å². The predicted octanol–water partition coefficient (Wildman–Crippen LogP) is 5.56. The van der Waals surface area contributed by atoms with Crippen LogP contribution in [0.1, 0.15) is 47.2 Å². The zero-order valence-corrected chi connectivity index (χ0v) is 17.9. The smallest absolute Gasteiger partial charge is 0.451 e. The third-order valence-corrected chi connectivity index (χ3v) is 5.36. The maximum atomic E-state index is 13.4. The van der Waals surface area contributed by atoms with Crippen LogP contribution >= 0.6 is 23.2 Å². The number of rotatable bonds is 4. The molecule has 1 fully saturated rings. The van der Waals surface area contributed by atoms with Crippen LogP contribution in [0.25, 0.3) is 0 Å². The van der Waals surface area contributed by atoms with Crippen LogP contribution in [0.15, 0.2) is 18.2 Å². The number of likely N-dealkylation sites (tertiary alicyclic amines) is 1. The number of amides is 1. The van der Waals surface area contributed by atoms with E-state index in [-0.39, 0.29) is 23.7 Å². The van der Waals surface area contributed by atoms with Crippen molar-refractivity contribution in [3.63, 3.8) is 0 Å². The number of aromatic nitrogens is 2. The average Bonchev–Trinajstić information content (AvgIpc) is 2.65. The molecule has 0 spiro atoms. The van der Waals surface area contributed by atoms with Crippen LogP contribution in [0.5, 0.6) is 5.88 Å². The van der Waals surface area contributed by atoms with Crippen molar-refractivity contribution < 1.29 is 22.7 Å². The van der Waals surface area contributed by atoms with Gasteiger partial charge in [0.1, 0.15) is 12.3 Å². The number of benzene rings is 1. The van der Waals surface area contributed by atoms with E-state index in [2.05, 4.69) is 16.9 Å². The summed E-state index contributed by atoms with van der Waals surface area (Å²) >= 11 is 11.9. The number of hydrogen-bond donors (Lipinski definition) is 0. The number of ether oxygens (including phenoxy) is 1. The molecule has 1 aliphatic rings. The number of halogens is 5. The van der Waals surface area contributed by atoms with Gasteiger partial charge in [-0.25, -0.2) is 4.98 Å². The van der Waals surface area contributed by atoms with E-state index in [1.54, 1.807) is 12.1 Å². The molecule has 1 aliphatic heterocycles. The number of hydrogen-bond acceptors (Lipinski definition) is 4. The van der Waals surface area contributed by atoms with E-state index in [0.717, 1.165) is 12.8 Å². The summed E-state index contributed by atoms with van der Waals surface area (Å²) in [6, 6.07) is 4.69. The van der Waals surface area contributed by atoms with Gasteiger partial charge in [0.05, 0.1) is 0 Å². The fourth-order valence-electron chi connectivity index (χ4n) is 3.18. The normalized spacial score (nSPS) is 15.4. The first-order chi connectivity index (χ1) is 14.0. The van der Waals surface area contributed by atoms with Crippen molar-refractivity contribution >= 4 is 29.1 Å². The zero-order valence-electron chi connectivity index (χ0n) is 16.4. The van der Waals surface area contributed by atoms with Crippen LogP contribution in [-0.2, 0) is 12.8 Å². The quantitative estimate of drug-likeness (QED) is 0.597. The van der Waals surface area contributed by atoms with Crippen LogP contribution < -0.4 is 4.74 Å². The monoisotopic (exact) mass is 461 g/mol. The molecule has 2 aromatic rings. The topological polar surface area (TPSA) is 55.3 Å². The number of alkyl halides is 3. The van der Waals surface area contributed by atoms with Crippen molar-refractivity contribution in [3.05, 3.63) is 50.9 Å². The average molecular weight is 462 g/mol. The second-order valence-corrected chi connectivity index (χ2v) is 8.24. The molecule has 162 valence electrons. The van der Waals surface area contributed by atoms with E-state index in [1.165, 1.54) is 17.9 Å². The van der Waals surface area contributed by atoms with Crippen LogP contribution in [0.2, 0.25) is 10.0 Å². The van der Waals surface area contributed by atoms with Crippen LogP contribution in [0.3, 0.4) is 0 Å². The number of carbonyl (C=O) groups is 1. The largest absolute Gasteiger partial charge is 0.472 e. The molecule has 0 saturated carbocycles. The Balaban J connectivity index is 1.92. The molecule has 3 rings (SSSR count). The second-order valence-electron chi connectivity index (χ2n) is 7.36. The van der Waals surface area contributed by atoms with E-state index in [1.807, 2.05) is 0 Å². The van der Waals surface area contributed by atoms with Gasteiger partial charge in [0, 0.05) is 28.7 Å². The Morgan fingerprint density at radius 2 is 1.77 bits per heavy atom. The van der Waals surface area contributed by atoms with Gasteiger partial charge in [-0.1, -0.05) is 30.1 Å². The highest BCUT2D eigenvalue weighted by Crippen LogP contribution is 2.31. The lowest BCUT2D eigenvalue weighted by Crippen LogP contribution is -2.39. The predicted molar refractivity (Wildman–Crippen MR) is 107 cm³/mol. The SMILES string of the molecule is Cc1c(OCc2cc(Cl)cc(Cl)c2)nc(C(F)(F)F)nc1C(=O)N1CCC(C)CC1. The first-order valence-electron chi connectivity index (χ1n) is 9.37. The second kappa shape index (κ2) is 8.98. The van der Waals surface area contributed by atoms with Crippen molar-refractivity contribution in [2.45, 2.75) is 39.5 Å². The van der Waals surface area contributed by atoms with Crippen molar-refractivity contribution in [1.82, 2.24) is 14.9 Å². The summed E-state index contributed by atoms with van der Waals surface area (Å²) in [5.74, 6) is -1.80. The van der Waals surface area contributed by atoms with Crippen LogP contribution in [0, 0.1) is 12.8 Å². The third kappa shape index (κ3) is 5.35. The summed E-state index contributed by atoms with van der Waals surface area (Å²) in [5, 5.41) is 0.735. The maximum absolute atomic E-state index is 13.4. The van der Waals surface area contributed by atoms with Gasteiger partial charge < -0.3 is 9.64 Å².